The van der Waals surface area contributed by atoms with E-state index in [2.05, 4.69) is 99.5 Å². The maximum Gasteiger partial charge on any atom is -0.147 e. The molecule has 0 saturated heterocycles. The topological polar surface area (TPSA) is 0 Å². The molecule has 0 N–H and O–H groups in total. The molecule has 2 aliphatic carbocycles. The predicted octanol–water partition coefficient (Wildman–Crippen LogP) is 8.95. The molecule has 2 aromatic rings. The molecule has 0 aliphatic heterocycles. The zero-order chi connectivity index (χ0) is 24.1. The molecule has 34 heavy (non-hydrogen) atoms. The van der Waals surface area contributed by atoms with Gasteiger partial charge in [0.2, 0.25) is 0 Å². The Morgan fingerprint density at radius 3 is 1.06 bits per heavy atom. The number of allylic oxidation sites excluding steroid dienone is 2. The van der Waals surface area contributed by atoms with Crippen LogP contribution in [0, 0.1) is 55.4 Å². The van der Waals surface area contributed by atoms with E-state index >= 15 is 0 Å². The van der Waals surface area contributed by atoms with E-state index in [1.807, 2.05) is 0 Å². The zero-order valence-electron chi connectivity index (χ0n) is 23.3. The normalized spacial score (nSPS) is 19.1. The first-order chi connectivity index (χ1) is 14.6. The molecular formula is C30H44Cl2SiTi. The third kappa shape index (κ3) is 3.81. The van der Waals surface area contributed by atoms with E-state index in [0.29, 0.717) is 8.45 Å². The SMILES string of the molecule is CC1=Cc2c(C)c(C)c(C)c(C)c2[CH]1[Ti]([CH3])([CH3])(=[SiH2])[CH]1C(C)=Cc2c(C)c(C)c(C)c(C)c21.Cl.Cl. The molecule has 2 aromatic carbocycles. The van der Waals surface area contributed by atoms with Gasteiger partial charge in [0.15, 0.2) is 0 Å². The van der Waals surface area contributed by atoms with E-state index in [9.17, 15) is 0 Å². The molecule has 4 heteroatoms. The van der Waals surface area contributed by atoms with E-state index in [1.54, 1.807) is 33.4 Å². The molecule has 0 fully saturated rings. The second-order valence-electron chi connectivity index (χ2n) is 12.2. The molecule has 2 unspecified atom stereocenters. The standard InChI is InChI=1S/2C14H17.2CH3.2ClH.H2Si.Ti/c2*1-8-6-13-11(4)9(2)10(3)12(5)14(13)7-8;;;;;;/h2*6-7H,1-5H3;2*1H3;2*1H;1H2;. The molecule has 2 atom stereocenters. The van der Waals surface area contributed by atoms with Crippen molar-refractivity contribution in [2.45, 2.75) is 88.1 Å². The van der Waals surface area contributed by atoms with Gasteiger partial charge in [0.25, 0.3) is 0 Å². The third-order valence-electron chi connectivity index (χ3n) is 9.70. The Labute approximate surface area is 223 Å². The minimum absolute atomic E-state index is 0. The molecule has 0 bridgehead atoms. The third-order valence-corrected chi connectivity index (χ3v) is 21.3. The van der Waals surface area contributed by atoms with Gasteiger partial charge in [-0.05, 0) is 0 Å². The number of rotatable bonds is 2. The number of halogens is 2. The Balaban J connectivity index is 0.00000204. The fourth-order valence-electron chi connectivity index (χ4n) is 7.54. The molecule has 0 saturated carbocycles. The number of hydrogen-bond donors (Lipinski definition) is 0. The molecule has 0 aromatic heterocycles. The number of fused-ring (bicyclic) bond motifs is 2. The van der Waals surface area contributed by atoms with Crippen LogP contribution in [0.25, 0.3) is 12.2 Å². The van der Waals surface area contributed by atoms with Crippen molar-refractivity contribution in [3.8, 4) is 0 Å². The Hall–Kier alpha value is -0.569. The summed E-state index contributed by atoms with van der Waals surface area (Å²) in [5.74, 6) is 0. The van der Waals surface area contributed by atoms with Crippen molar-refractivity contribution in [2.75, 3.05) is 0 Å². The molecule has 0 spiro atoms. The van der Waals surface area contributed by atoms with Crippen molar-refractivity contribution in [1.29, 1.82) is 0 Å². The summed E-state index contributed by atoms with van der Waals surface area (Å²) >= 11 is -3.16. The van der Waals surface area contributed by atoms with Gasteiger partial charge in [-0.2, -0.15) is 0 Å². The van der Waals surface area contributed by atoms with E-state index in [0.717, 1.165) is 0 Å². The van der Waals surface area contributed by atoms with Crippen LogP contribution in [0.3, 0.4) is 0 Å². The van der Waals surface area contributed by atoms with Crippen molar-refractivity contribution in [1.82, 2.24) is 0 Å². The minimum atomic E-state index is -3.16. The fraction of sp³-hybridized carbons (Fsp3) is 0.467. The Morgan fingerprint density at radius 2 is 0.765 bits per heavy atom. The number of hydrogen-bond acceptors (Lipinski definition) is 0. The summed E-state index contributed by atoms with van der Waals surface area (Å²) in [7, 11) is 2.45. The molecule has 0 amide bonds. The van der Waals surface area contributed by atoms with Gasteiger partial charge >= 0.3 is 200 Å². The molecule has 2 aliphatic rings. The first kappa shape index (κ1) is 29.7. The van der Waals surface area contributed by atoms with Gasteiger partial charge in [0.1, 0.15) is 0 Å². The molecule has 0 heterocycles. The summed E-state index contributed by atoms with van der Waals surface area (Å²) in [6.07, 6.45) is 5.10. The second kappa shape index (κ2) is 9.07. The van der Waals surface area contributed by atoms with Crippen LogP contribution in [0.4, 0.5) is 0 Å². The Bertz CT molecular complexity index is 1250. The predicted molar refractivity (Wildman–Crippen MR) is 158 cm³/mol. The van der Waals surface area contributed by atoms with Crippen LogP contribution in [0.15, 0.2) is 11.1 Å². The number of benzene rings is 2. The second-order valence-corrected chi connectivity index (χ2v) is 32.4. The summed E-state index contributed by atoms with van der Waals surface area (Å²) in [6.45, 7) is 23.6. The smallest absolute Gasteiger partial charge is 0.147 e. The van der Waals surface area contributed by atoms with Crippen LogP contribution in [0.5, 0.6) is 0 Å². The zero-order valence-corrected chi connectivity index (χ0v) is 27.9. The van der Waals surface area contributed by atoms with Crippen molar-refractivity contribution < 1.29 is 14.0 Å². The molecule has 4 rings (SSSR count). The maximum absolute atomic E-state index is 3.16. The van der Waals surface area contributed by atoms with Crippen LogP contribution >= 0.6 is 24.8 Å². The van der Waals surface area contributed by atoms with E-state index in [1.165, 1.54) is 44.5 Å². The van der Waals surface area contributed by atoms with Crippen LogP contribution in [-0.2, 0) is 14.0 Å². The van der Waals surface area contributed by atoms with E-state index in [-0.39, 0.29) is 24.8 Å². The van der Waals surface area contributed by atoms with Gasteiger partial charge in [0.05, 0.1) is 0 Å². The van der Waals surface area contributed by atoms with Crippen LogP contribution in [0.1, 0.15) is 89.1 Å². The summed E-state index contributed by atoms with van der Waals surface area (Å²) < 4.78 is 1.19. The van der Waals surface area contributed by atoms with Crippen molar-refractivity contribution >= 4 is 44.6 Å². The molecule has 0 nitrogen and oxygen atoms in total. The van der Waals surface area contributed by atoms with Gasteiger partial charge < -0.3 is 0 Å². The van der Waals surface area contributed by atoms with Crippen molar-refractivity contribution in [2.24, 2.45) is 0 Å². The van der Waals surface area contributed by atoms with Crippen molar-refractivity contribution in [3.05, 3.63) is 77.9 Å². The van der Waals surface area contributed by atoms with Gasteiger partial charge in [-0.3, -0.25) is 0 Å². The van der Waals surface area contributed by atoms with Gasteiger partial charge in [-0.1, -0.05) is 0 Å². The van der Waals surface area contributed by atoms with E-state index in [4.69, 9.17) is 0 Å². The molecule has 0 radical (unpaired) electrons. The Morgan fingerprint density at radius 1 is 0.500 bits per heavy atom. The summed E-state index contributed by atoms with van der Waals surface area (Å²) in [5, 5.41) is 5.50. The largest absolute Gasteiger partial charge is 0.147 e. The average Bonchev–Trinajstić information content (AvgIpc) is 3.26. The molecular weight excluding hydrogens is 507 g/mol. The van der Waals surface area contributed by atoms with Gasteiger partial charge in [0, 0.05) is 0 Å². The van der Waals surface area contributed by atoms with Crippen LogP contribution < -0.4 is 0 Å². The van der Waals surface area contributed by atoms with Crippen LogP contribution in [0.2, 0.25) is 10.5 Å². The fourth-order valence-corrected chi connectivity index (χ4v) is 21.5. The average molecular weight is 552 g/mol. The Kier molecular flexibility index (Phi) is 7.91. The minimum Gasteiger partial charge on any atom is -0.147 e. The van der Waals surface area contributed by atoms with Crippen LogP contribution in [-0.4, -0.2) is 7.63 Å². The monoisotopic (exact) mass is 550 g/mol. The first-order valence-corrected chi connectivity index (χ1v) is 21.2. The van der Waals surface area contributed by atoms with E-state index < -0.39 is 14.0 Å². The van der Waals surface area contributed by atoms with Crippen molar-refractivity contribution in [3.63, 3.8) is 0 Å². The maximum atomic E-state index is 2.75. The summed E-state index contributed by atoms with van der Waals surface area (Å²) in [6, 6.07) is 0. The van der Waals surface area contributed by atoms with Gasteiger partial charge in [-0.15, -0.1) is 24.8 Å². The summed E-state index contributed by atoms with van der Waals surface area (Å²) in [5.41, 5.74) is 21.6. The first-order valence-electron chi connectivity index (χ1n) is 12.2. The summed E-state index contributed by atoms with van der Waals surface area (Å²) in [4.78, 5) is 0. The quantitative estimate of drug-likeness (QED) is 0.327. The molecule has 186 valence electrons. The van der Waals surface area contributed by atoms with Gasteiger partial charge in [-0.25, -0.2) is 0 Å².